The number of hydrogen-bond donors (Lipinski definition) is 0. The zero-order valence-corrected chi connectivity index (χ0v) is 17.2. The minimum Gasteiger partial charge on any atom is -0.378 e. The Balaban J connectivity index is 1.58. The predicted octanol–water partition coefficient (Wildman–Crippen LogP) is 2.60. The van der Waals surface area contributed by atoms with Crippen LogP contribution >= 0.6 is 34.7 Å². The van der Waals surface area contributed by atoms with Crippen molar-refractivity contribution in [1.82, 2.24) is 19.7 Å². The van der Waals surface area contributed by atoms with E-state index in [1.807, 2.05) is 12.1 Å². The summed E-state index contributed by atoms with van der Waals surface area (Å²) >= 11 is 8.87. The molecule has 0 N–H and O–H groups in total. The summed E-state index contributed by atoms with van der Waals surface area (Å²) in [6, 6.07) is 3.80. The van der Waals surface area contributed by atoms with Gasteiger partial charge in [0.1, 0.15) is 0 Å². The summed E-state index contributed by atoms with van der Waals surface area (Å²) < 4.78 is 8.19. The van der Waals surface area contributed by atoms with E-state index >= 15 is 0 Å². The van der Waals surface area contributed by atoms with Crippen LogP contribution in [0.1, 0.15) is 11.8 Å². The third-order valence-corrected chi connectivity index (χ3v) is 6.25. The molecule has 0 aliphatic carbocycles. The van der Waals surface area contributed by atoms with Crippen LogP contribution in [0.15, 0.2) is 17.3 Å². The Kier molecular flexibility index (Phi) is 6.80. The number of thioether (sulfide) groups is 1. The molecule has 1 saturated heterocycles. The number of rotatable bonds is 7. The lowest BCUT2D eigenvalue weighted by atomic mass is 10.4. The fraction of sp³-hybridized carbons (Fsp3) is 0.562. The first-order valence-corrected chi connectivity index (χ1v) is 10.6. The van der Waals surface area contributed by atoms with Gasteiger partial charge >= 0.3 is 0 Å². The molecule has 2 aromatic heterocycles. The summed E-state index contributed by atoms with van der Waals surface area (Å²) in [4.78, 5) is 17.4. The number of carbonyl (C=O) groups excluding carboxylic acids is 1. The van der Waals surface area contributed by atoms with Gasteiger partial charge in [-0.1, -0.05) is 23.4 Å². The molecule has 26 heavy (non-hydrogen) atoms. The molecule has 2 aromatic rings. The summed E-state index contributed by atoms with van der Waals surface area (Å²) in [7, 11) is 1.81. The van der Waals surface area contributed by atoms with E-state index in [1.54, 1.807) is 11.9 Å². The van der Waals surface area contributed by atoms with Gasteiger partial charge < -0.3 is 14.5 Å². The van der Waals surface area contributed by atoms with Crippen LogP contribution < -0.4 is 4.90 Å². The molecular weight excluding hydrogens is 394 g/mol. The monoisotopic (exact) mass is 415 g/mol. The quantitative estimate of drug-likeness (QED) is 0.648. The molecule has 0 atom stereocenters. The topological polar surface area (TPSA) is 63.5 Å². The smallest absolute Gasteiger partial charge is 0.233 e. The molecule has 0 radical (unpaired) electrons. The lowest BCUT2D eigenvalue weighted by molar-refractivity contribution is -0.127. The molecular formula is C16H22ClN5O2S2. The van der Waals surface area contributed by atoms with Crippen molar-refractivity contribution >= 4 is 46.6 Å². The Bertz CT molecular complexity index is 745. The number of thiophene rings is 1. The first-order valence-electron chi connectivity index (χ1n) is 8.45. The van der Waals surface area contributed by atoms with Crippen LogP contribution in [0.2, 0.25) is 4.34 Å². The van der Waals surface area contributed by atoms with Crippen molar-refractivity contribution < 1.29 is 9.53 Å². The average molecular weight is 416 g/mol. The lowest BCUT2D eigenvalue weighted by Crippen LogP contribution is -2.38. The number of morpholine rings is 1. The van der Waals surface area contributed by atoms with E-state index in [1.165, 1.54) is 23.1 Å². The Hall–Kier alpha value is -1.29. The molecule has 1 fully saturated rings. The van der Waals surface area contributed by atoms with Gasteiger partial charge in [-0.15, -0.1) is 21.5 Å². The van der Waals surface area contributed by atoms with Crippen LogP contribution in [-0.2, 0) is 22.6 Å². The number of anilines is 1. The number of carbonyl (C=O) groups is 1. The standard InChI is InChI=1S/C16H22ClN5O2S2/c1-3-22-15(21-6-8-24-9-7-21)18-19-16(22)25-11-14(23)20(2)10-12-4-5-13(17)26-12/h4-5H,3,6-11H2,1-2H3. The first kappa shape index (κ1) is 19.5. The van der Waals surface area contributed by atoms with Crippen molar-refractivity contribution in [3.63, 3.8) is 0 Å². The van der Waals surface area contributed by atoms with Gasteiger partial charge in [0.2, 0.25) is 11.9 Å². The van der Waals surface area contributed by atoms with E-state index in [-0.39, 0.29) is 5.91 Å². The summed E-state index contributed by atoms with van der Waals surface area (Å²) in [5.41, 5.74) is 0. The Morgan fingerprint density at radius 3 is 2.81 bits per heavy atom. The van der Waals surface area contributed by atoms with Crippen molar-refractivity contribution in [3.8, 4) is 0 Å². The summed E-state index contributed by atoms with van der Waals surface area (Å²) in [6.45, 7) is 6.42. The summed E-state index contributed by atoms with van der Waals surface area (Å²) in [5, 5.41) is 9.39. The summed E-state index contributed by atoms with van der Waals surface area (Å²) in [5.74, 6) is 1.24. The fourth-order valence-corrected chi connectivity index (χ4v) is 4.74. The highest BCUT2D eigenvalue weighted by Crippen LogP contribution is 2.24. The predicted molar refractivity (Wildman–Crippen MR) is 105 cm³/mol. The van der Waals surface area contributed by atoms with Crippen LogP contribution in [-0.4, -0.2) is 64.7 Å². The van der Waals surface area contributed by atoms with E-state index in [9.17, 15) is 4.79 Å². The first-order chi connectivity index (χ1) is 12.6. The molecule has 1 aliphatic rings. The number of aromatic nitrogens is 3. The van der Waals surface area contributed by atoms with E-state index < -0.39 is 0 Å². The highest BCUT2D eigenvalue weighted by molar-refractivity contribution is 7.99. The maximum atomic E-state index is 12.4. The zero-order valence-electron chi connectivity index (χ0n) is 14.9. The van der Waals surface area contributed by atoms with Gasteiger partial charge in [-0.05, 0) is 19.1 Å². The minimum atomic E-state index is 0.0538. The molecule has 3 heterocycles. The van der Waals surface area contributed by atoms with Gasteiger partial charge in [0.25, 0.3) is 0 Å². The fourth-order valence-electron chi connectivity index (χ4n) is 2.66. The molecule has 0 aromatic carbocycles. The molecule has 0 bridgehead atoms. The maximum absolute atomic E-state index is 12.4. The van der Waals surface area contributed by atoms with E-state index in [2.05, 4.69) is 26.6 Å². The van der Waals surface area contributed by atoms with Crippen molar-refractivity contribution in [2.75, 3.05) is 44.0 Å². The minimum absolute atomic E-state index is 0.0538. The normalized spacial score (nSPS) is 14.7. The van der Waals surface area contributed by atoms with Crippen LogP contribution in [0, 0.1) is 0 Å². The van der Waals surface area contributed by atoms with Gasteiger partial charge in [0.15, 0.2) is 5.16 Å². The Labute approximate surface area is 166 Å². The second-order valence-electron chi connectivity index (χ2n) is 5.87. The van der Waals surface area contributed by atoms with Crippen LogP contribution in [0.3, 0.4) is 0 Å². The molecule has 0 unspecified atom stereocenters. The number of hydrogen-bond acceptors (Lipinski definition) is 7. The van der Waals surface area contributed by atoms with Crippen molar-refractivity contribution in [2.45, 2.75) is 25.2 Å². The number of halogens is 1. The van der Waals surface area contributed by atoms with Crippen molar-refractivity contribution in [2.24, 2.45) is 0 Å². The molecule has 0 saturated carbocycles. The van der Waals surface area contributed by atoms with Crippen molar-refractivity contribution in [1.29, 1.82) is 0 Å². The van der Waals surface area contributed by atoms with Gasteiger partial charge in [-0.2, -0.15) is 0 Å². The SMILES string of the molecule is CCn1c(SCC(=O)N(C)Cc2ccc(Cl)s2)nnc1N1CCOCC1. The summed E-state index contributed by atoms with van der Waals surface area (Å²) in [6.07, 6.45) is 0. The van der Waals surface area contributed by atoms with Gasteiger partial charge in [-0.25, -0.2) is 0 Å². The number of amides is 1. The number of ether oxygens (including phenoxy) is 1. The molecule has 142 valence electrons. The molecule has 1 aliphatic heterocycles. The number of nitrogens with zero attached hydrogens (tertiary/aromatic N) is 5. The largest absolute Gasteiger partial charge is 0.378 e. The second-order valence-corrected chi connectivity index (χ2v) is 8.61. The van der Waals surface area contributed by atoms with E-state index in [0.29, 0.717) is 25.5 Å². The molecule has 0 spiro atoms. The van der Waals surface area contributed by atoms with E-state index in [0.717, 1.165) is 40.0 Å². The second kappa shape index (κ2) is 9.07. The Morgan fingerprint density at radius 2 is 2.15 bits per heavy atom. The third-order valence-electron chi connectivity index (χ3n) is 4.08. The van der Waals surface area contributed by atoms with Crippen molar-refractivity contribution in [3.05, 3.63) is 21.3 Å². The van der Waals surface area contributed by atoms with Crippen LogP contribution in [0.25, 0.3) is 0 Å². The molecule has 1 amide bonds. The highest BCUT2D eigenvalue weighted by atomic mass is 35.5. The molecule has 7 nitrogen and oxygen atoms in total. The lowest BCUT2D eigenvalue weighted by Gasteiger charge is -2.27. The average Bonchev–Trinajstić information content (AvgIpc) is 3.25. The third kappa shape index (κ3) is 4.70. The Morgan fingerprint density at radius 1 is 1.38 bits per heavy atom. The van der Waals surface area contributed by atoms with Gasteiger partial charge in [-0.3, -0.25) is 9.36 Å². The molecule has 10 heteroatoms. The van der Waals surface area contributed by atoms with Crippen LogP contribution in [0.5, 0.6) is 0 Å². The highest BCUT2D eigenvalue weighted by Gasteiger charge is 2.21. The van der Waals surface area contributed by atoms with Crippen LogP contribution in [0.4, 0.5) is 5.95 Å². The maximum Gasteiger partial charge on any atom is 0.233 e. The molecule has 3 rings (SSSR count). The van der Waals surface area contributed by atoms with Gasteiger partial charge in [0.05, 0.1) is 29.8 Å². The zero-order chi connectivity index (χ0) is 18.5. The van der Waals surface area contributed by atoms with Gasteiger partial charge in [0, 0.05) is 31.6 Å². The van der Waals surface area contributed by atoms with E-state index in [4.69, 9.17) is 16.3 Å².